The first-order valence-electron chi connectivity index (χ1n) is 3.96. The molecule has 70 valence electrons. The number of aliphatic hydroxyl groups is 2. The molecule has 13 heavy (non-hydrogen) atoms. The van der Waals surface area contributed by atoms with Crippen LogP contribution in [0.15, 0.2) is 35.5 Å². The van der Waals surface area contributed by atoms with Crippen LogP contribution in [-0.2, 0) is 0 Å². The van der Waals surface area contributed by atoms with Crippen molar-refractivity contribution in [1.82, 2.24) is 0 Å². The van der Waals surface area contributed by atoms with Crippen LogP contribution in [-0.4, -0.2) is 22.9 Å². The van der Waals surface area contributed by atoms with E-state index in [0.717, 1.165) is 0 Å². The third kappa shape index (κ3) is 2.34. The number of hydrogen-bond donors (Lipinski definition) is 2. The molecule has 2 N–H and O–H groups in total. The maximum Gasteiger partial charge on any atom is 0.145 e. The van der Waals surface area contributed by atoms with E-state index in [1.165, 1.54) is 0 Å². The van der Waals surface area contributed by atoms with Gasteiger partial charge in [0.05, 0.1) is 6.61 Å². The van der Waals surface area contributed by atoms with E-state index in [-0.39, 0.29) is 0 Å². The number of benzene rings is 1. The fourth-order valence-corrected chi connectivity index (χ4v) is 1.06. The SMILES string of the molecule is O=N[C@@H](CO)[C@@H](O)c1ccccc1. The number of hydrogen-bond acceptors (Lipinski definition) is 4. The Morgan fingerprint density at radius 2 is 1.92 bits per heavy atom. The van der Waals surface area contributed by atoms with Crippen molar-refractivity contribution < 1.29 is 10.2 Å². The van der Waals surface area contributed by atoms with E-state index >= 15 is 0 Å². The molecule has 1 aromatic carbocycles. The largest absolute Gasteiger partial charge is 0.394 e. The summed E-state index contributed by atoms with van der Waals surface area (Å²) >= 11 is 0. The fourth-order valence-electron chi connectivity index (χ4n) is 1.06. The average Bonchev–Trinajstić information content (AvgIpc) is 2.21. The zero-order valence-corrected chi connectivity index (χ0v) is 7.00. The molecule has 2 atom stereocenters. The Hall–Kier alpha value is -1.26. The van der Waals surface area contributed by atoms with Gasteiger partial charge in [-0.1, -0.05) is 35.5 Å². The molecule has 4 heteroatoms. The third-order valence-corrected chi connectivity index (χ3v) is 1.83. The number of aliphatic hydroxyl groups excluding tert-OH is 2. The second kappa shape index (κ2) is 4.69. The zero-order chi connectivity index (χ0) is 9.68. The maximum atomic E-state index is 10.2. The van der Waals surface area contributed by atoms with Crippen molar-refractivity contribution in [3.8, 4) is 0 Å². The Kier molecular flexibility index (Phi) is 3.54. The summed E-state index contributed by atoms with van der Waals surface area (Å²) in [7, 11) is 0. The van der Waals surface area contributed by atoms with Gasteiger partial charge in [-0.15, -0.1) is 0 Å². The average molecular weight is 181 g/mol. The minimum absolute atomic E-state index is 0.445. The molecule has 0 unspecified atom stereocenters. The van der Waals surface area contributed by atoms with Gasteiger partial charge in [0.25, 0.3) is 0 Å². The molecule has 0 saturated heterocycles. The molecule has 0 saturated carbocycles. The van der Waals surface area contributed by atoms with Crippen LogP contribution in [0.4, 0.5) is 0 Å². The Morgan fingerprint density at radius 1 is 1.31 bits per heavy atom. The second-order valence-corrected chi connectivity index (χ2v) is 2.71. The Labute approximate surface area is 75.8 Å². The lowest BCUT2D eigenvalue weighted by atomic mass is 10.0. The lowest BCUT2D eigenvalue weighted by Gasteiger charge is -2.13. The zero-order valence-electron chi connectivity index (χ0n) is 7.00. The van der Waals surface area contributed by atoms with Crippen molar-refractivity contribution in [3.05, 3.63) is 40.8 Å². The number of rotatable bonds is 4. The van der Waals surface area contributed by atoms with Gasteiger partial charge in [0.2, 0.25) is 0 Å². The highest BCUT2D eigenvalue weighted by Gasteiger charge is 2.20. The highest BCUT2D eigenvalue weighted by Crippen LogP contribution is 2.17. The smallest absolute Gasteiger partial charge is 0.145 e. The first-order chi connectivity index (χ1) is 6.29. The van der Waals surface area contributed by atoms with E-state index < -0.39 is 18.8 Å². The summed E-state index contributed by atoms with van der Waals surface area (Å²) in [5.74, 6) is 0. The molecule has 0 amide bonds. The van der Waals surface area contributed by atoms with Crippen molar-refractivity contribution in [2.24, 2.45) is 5.18 Å². The first kappa shape index (κ1) is 9.83. The molecule has 0 aliphatic rings. The van der Waals surface area contributed by atoms with Crippen molar-refractivity contribution in [3.63, 3.8) is 0 Å². The molecule has 0 radical (unpaired) electrons. The highest BCUT2D eigenvalue weighted by molar-refractivity contribution is 5.18. The van der Waals surface area contributed by atoms with Crippen molar-refractivity contribution in [2.45, 2.75) is 12.1 Å². The Morgan fingerprint density at radius 3 is 2.38 bits per heavy atom. The summed E-state index contributed by atoms with van der Waals surface area (Å²) in [6.45, 7) is -0.445. The van der Waals surface area contributed by atoms with Crippen LogP contribution < -0.4 is 0 Å². The van der Waals surface area contributed by atoms with Crippen LogP contribution in [0.1, 0.15) is 11.7 Å². The van der Waals surface area contributed by atoms with Gasteiger partial charge in [-0.25, -0.2) is 0 Å². The minimum atomic E-state index is -1.02. The van der Waals surface area contributed by atoms with Crippen molar-refractivity contribution >= 4 is 0 Å². The quantitative estimate of drug-likeness (QED) is 0.676. The van der Waals surface area contributed by atoms with Crippen LogP contribution in [0.25, 0.3) is 0 Å². The van der Waals surface area contributed by atoms with Crippen molar-refractivity contribution in [1.29, 1.82) is 0 Å². The van der Waals surface area contributed by atoms with E-state index in [9.17, 15) is 10.0 Å². The van der Waals surface area contributed by atoms with E-state index in [4.69, 9.17) is 5.11 Å². The summed E-state index contributed by atoms with van der Waals surface area (Å²) in [5.41, 5.74) is 0.584. The van der Waals surface area contributed by atoms with Crippen LogP contribution in [0.2, 0.25) is 0 Å². The van der Waals surface area contributed by atoms with Gasteiger partial charge in [-0.05, 0) is 5.56 Å². The molecule has 1 rings (SSSR count). The molecular weight excluding hydrogens is 170 g/mol. The van der Waals surface area contributed by atoms with Crippen LogP contribution in [0.3, 0.4) is 0 Å². The van der Waals surface area contributed by atoms with Crippen LogP contribution >= 0.6 is 0 Å². The normalized spacial score (nSPS) is 14.9. The highest BCUT2D eigenvalue weighted by atomic mass is 16.3. The maximum absolute atomic E-state index is 10.2. The number of nitrogens with zero attached hydrogens (tertiary/aromatic N) is 1. The van der Waals surface area contributed by atoms with E-state index in [1.54, 1.807) is 30.3 Å². The topological polar surface area (TPSA) is 69.9 Å². The molecule has 4 nitrogen and oxygen atoms in total. The monoisotopic (exact) mass is 181 g/mol. The van der Waals surface area contributed by atoms with Crippen LogP contribution in [0, 0.1) is 4.91 Å². The van der Waals surface area contributed by atoms with E-state index in [2.05, 4.69) is 5.18 Å². The third-order valence-electron chi connectivity index (χ3n) is 1.83. The molecule has 0 heterocycles. The molecule has 0 spiro atoms. The predicted molar refractivity (Wildman–Crippen MR) is 48.1 cm³/mol. The summed E-state index contributed by atoms with van der Waals surface area (Å²) in [4.78, 5) is 10.2. The standard InChI is InChI=1S/C9H11NO3/c11-6-8(10-13)9(12)7-4-2-1-3-5-7/h1-5,8-9,11-12H,6H2/t8-,9-/m0/s1. The summed E-state index contributed by atoms with van der Waals surface area (Å²) in [6.07, 6.45) is -1.02. The van der Waals surface area contributed by atoms with Crippen LogP contribution in [0.5, 0.6) is 0 Å². The minimum Gasteiger partial charge on any atom is -0.394 e. The van der Waals surface area contributed by atoms with E-state index in [0.29, 0.717) is 5.56 Å². The summed E-state index contributed by atoms with van der Waals surface area (Å²) < 4.78 is 0. The Bertz CT molecular complexity index is 263. The summed E-state index contributed by atoms with van der Waals surface area (Å²) in [5, 5.41) is 20.9. The number of nitroso groups, excluding NO2 is 1. The van der Waals surface area contributed by atoms with Gasteiger partial charge in [0.1, 0.15) is 12.1 Å². The Balaban J connectivity index is 2.77. The van der Waals surface area contributed by atoms with E-state index in [1.807, 2.05) is 0 Å². The molecule has 0 aromatic heterocycles. The second-order valence-electron chi connectivity index (χ2n) is 2.71. The van der Waals surface area contributed by atoms with Gasteiger partial charge >= 0.3 is 0 Å². The van der Waals surface area contributed by atoms with Gasteiger partial charge in [-0.2, -0.15) is 4.91 Å². The van der Waals surface area contributed by atoms with Gasteiger partial charge in [-0.3, -0.25) is 0 Å². The molecular formula is C9H11NO3. The predicted octanol–water partition coefficient (Wildman–Crippen LogP) is 0.847. The molecule has 0 bridgehead atoms. The van der Waals surface area contributed by atoms with Gasteiger partial charge < -0.3 is 10.2 Å². The lowest BCUT2D eigenvalue weighted by Crippen LogP contribution is -2.19. The fraction of sp³-hybridized carbons (Fsp3) is 0.333. The molecule has 1 aromatic rings. The van der Waals surface area contributed by atoms with Gasteiger partial charge in [0, 0.05) is 0 Å². The van der Waals surface area contributed by atoms with Gasteiger partial charge in [0.15, 0.2) is 0 Å². The molecule has 0 fully saturated rings. The molecule has 0 aliphatic heterocycles. The lowest BCUT2D eigenvalue weighted by molar-refractivity contribution is 0.110. The van der Waals surface area contributed by atoms with Crippen molar-refractivity contribution in [2.75, 3.05) is 6.61 Å². The summed E-state index contributed by atoms with van der Waals surface area (Å²) in [6, 6.07) is 7.67. The molecule has 0 aliphatic carbocycles. The first-order valence-corrected chi connectivity index (χ1v) is 3.96.